The zero-order chi connectivity index (χ0) is 22.5. The molecule has 0 saturated heterocycles. The van der Waals surface area contributed by atoms with Gasteiger partial charge in [0.05, 0.1) is 29.6 Å². The van der Waals surface area contributed by atoms with Gasteiger partial charge in [-0.25, -0.2) is 9.78 Å². The van der Waals surface area contributed by atoms with Crippen molar-refractivity contribution < 1.29 is 19.1 Å². The van der Waals surface area contributed by atoms with Crippen molar-refractivity contribution in [3.63, 3.8) is 0 Å². The summed E-state index contributed by atoms with van der Waals surface area (Å²) in [5.41, 5.74) is 2.88. The molecule has 160 valence electrons. The van der Waals surface area contributed by atoms with Crippen LogP contribution in [0.1, 0.15) is 10.4 Å². The minimum absolute atomic E-state index is 0.325. The van der Waals surface area contributed by atoms with Gasteiger partial charge >= 0.3 is 5.97 Å². The number of amides is 1. The lowest BCUT2D eigenvalue weighted by atomic mass is 10.0. The van der Waals surface area contributed by atoms with Gasteiger partial charge in [-0.1, -0.05) is 54.1 Å². The molecule has 3 aromatic carbocycles. The van der Waals surface area contributed by atoms with E-state index in [0.29, 0.717) is 38.6 Å². The Balaban J connectivity index is 1.56. The molecule has 4 rings (SSSR count). The summed E-state index contributed by atoms with van der Waals surface area (Å²) in [5.74, 6) is -0.576. The predicted octanol–water partition coefficient (Wildman–Crippen LogP) is 5.36. The Bertz CT molecular complexity index is 1290. The largest absolute Gasteiger partial charge is 0.495 e. The van der Waals surface area contributed by atoms with Crippen molar-refractivity contribution in [3.05, 3.63) is 89.4 Å². The molecule has 1 heterocycles. The van der Waals surface area contributed by atoms with E-state index >= 15 is 0 Å². The third-order valence-electron chi connectivity index (χ3n) is 4.79. The smallest absolute Gasteiger partial charge is 0.339 e. The standard InChI is InChI=1S/C25H19ClN2O4/c1-31-23-9-5-4-8-21(23)28-24(29)15-32-25(30)19-14-22(16-10-12-17(26)13-11-16)27-20-7-3-2-6-18(19)20/h2-14H,15H2,1H3,(H,28,29). The average Bonchev–Trinajstić information content (AvgIpc) is 2.82. The minimum Gasteiger partial charge on any atom is -0.495 e. The Labute approximate surface area is 189 Å². The van der Waals surface area contributed by atoms with Gasteiger partial charge in [-0.3, -0.25) is 4.79 Å². The molecule has 1 N–H and O–H groups in total. The molecule has 0 aliphatic carbocycles. The van der Waals surface area contributed by atoms with E-state index in [9.17, 15) is 9.59 Å². The number of nitrogens with zero attached hydrogens (tertiary/aromatic N) is 1. The van der Waals surface area contributed by atoms with Crippen molar-refractivity contribution in [3.8, 4) is 17.0 Å². The van der Waals surface area contributed by atoms with Crippen LogP contribution in [0.3, 0.4) is 0 Å². The molecular formula is C25H19ClN2O4. The summed E-state index contributed by atoms with van der Waals surface area (Å²) in [6, 6.07) is 23.1. The molecule has 32 heavy (non-hydrogen) atoms. The first kappa shape index (κ1) is 21.3. The van der Waals surface area contributed by atoms with Gasteiger partial charge in [0.1, 0.15) is 5.75 Å². The van der Waals surface area contributed by atoms with Crippen molar-refractivity contribution in [2.45, 2.75) is 0 Å². The highest BCUT2D eigenvalue weighted by atomic mass is 35.5. The molecule has 1 aromatic heterocycles. The van der Waals surface area contributed by atoms with Crippen LogP contribution in [-0.4, -0.2) is 30.6 Å². The third-order valence-corrected chi connectivity index (χ3v) is 5.04. The van der Waals surface area contributed by atoms with E-state index in [0.717, 1.165) is 5.56 Å². The van der Waals surface area contributed by atoms with E-state index in [4.69, 9.17) is 21.1 Å². The monoisotopic (exact) mass is 446 g/mol. The summed E-state index contributed by atoms with van der Waals surface area (Å²) in [4.78, 5) is 29.9. The lowest BCUT2D eigenvalue weighted by molar-refractivity contribution is -0.119. The van der Waals surface area contributed by atoms with Crippen LogP contribution in [-0.2, 0) is 9.53 Å². The van der Waals surface area contributed by atoms with E-state index in [-0.39, 0.29) is 0 Å². The molecular weight excluding hydrogens is 428 g/mol. The van der Waals surface area contributed by atoms with E-state index in [2.05, 4.69) is 10.3 Å². The Kier molecular flexibility index (Phi) is 6.33. The van der Waals surface area contributed by atoms with E-state index in [1.54, 1.807) is 48.5 Å². The second-order valence-corrected chi connectivity index (χ2v) is 7.34. The summed E-state index contributed by atoms with van der Waals surface area (Å²) >= 11 is 5.98. The Hall–Kier alpha value is -3.90. The third kappa shape index (κ3) is 4.71. The number of carbonyl (C=O) groups is 2. The van der Waals surface area contributed by atoms with E-state index in [1.807, 2.05) is 30.3 Å². The number of nitrogens with one attached hydrogen (secondary N) is 1. The van der Waals surface area contributed by atoms with Gasteiger partial charge in [-0.05, 0) is 36.4 Å². The average molecular weight is 447 g/mol. The summed E-state index contributed by atoms with van der Waals surface area (Å²) in [6.07, 6.45) is 0. The number of benzene rings is 3. The summed E-state index contributed by atoms with van der Waals surface area (Å²) in [7, 11) is 1.51. The quantitative estimate of drug-likeness (QED) is 0.403. The van der Waals surface area contributed by atoms with E-state index in [1.165, 1.54) is 7.11 Å². The number of esters is 1. The Morgan fingerprint density at radius 3 is 2.47 bits per heavy atom. The number of pyridine rings is 1. The van der Waals surface area contributed by atoms with Crippen LogP contribution in [0.4, 0.5) is 5.69 Å². The fourth-order valence-electron chi connectivity index (χ4n) is 3.26. The number of fused-ring (bicyclic) bond motifs is 1. The first-order valence-electron chi connectivity index (χ1n) is 9.81. The lowest BCUT2D eigenvalue weighted by Crippen LogP contribution is -2.21. The number of anilines is 1. The number of rotatable bonds is 6. The van der Waals surface area contributed by atoms with Crippen molar-refractivity contribution in [1.82, 2.24) is 4.98 Å². The van der Waals surface area contributed by atoms with Crippen molar-refractivity contribution in [1.29, 1.82) is 0 Å². The normalized spacial score (nSPS) is 10.6. The first-order chi connectivity index (χ1) is 15.5. The number of hydrogen-bond acceptors (Lipinski definition) is 5. The van der Waals surface area contributed by atoms with Gasteiger partial charge in [0.15, 0.2) is 6.61 Å². The molecule has 6 nitrogen and oxygen atoms in total. The number of hydrogen-bond donors (Lipinski definition) is 1. The van der Waals surface area contributed by atoms with Crippen LogP contribution in [0, 0.1) is 0 Å². The molecule has 0 atom stereocenters. The highest BCUT2D eigenvalue weighted by molar-refractivity contribution is 6.30. The highest BCUT2D eigenvalue weighted by Gasteiger charge is 2.17. The molecule has 0 saturated carbocycles. The second kappa shape index (κ2) is 9.49. The molecule has 1 amide bonds. The maximum absolute atomic E-state index is 12.9. The number of aromatic nitrogens is 1. The summed E-state index contributed by atoms with van der Waals surface area (Å²) in [5, 5.41) is 3.93. The Morgan fingerprint density at radius 1 is 0.969 bits per heavy atom. The number of halogens is 1. The number of ether oxygens (including phenoxy) is 2. The maximum atomic E-state index is 12.9. The molecule has 4 aromatic rings. The van der Waals surface area contributed by atoms with Crippen molar-refractivity contribution >= 4 is 40.1 Å². The van der Waals surface area contributed by atoms with E-state index < -0.39 is 18.5 Å². The van der Waals surface area contributed by atoms with Crippen LogP contribution in [0.25, 0.3) is 22.2 Å². The predicted molar refractivity (Wildman–Crippen MR) is 124 cm³/mol. The SMILES string of the molecule is COc1ccccc1NC(=O)COC(=O)c1cc(-c2ccc(Cl)cc2)nc2ccccc12. The minimum atomic E-state index is -0.617. The van der Waals surface area contributed by atoms with Gasteiger partial charge in [0, 0.05) is 16.0 Å². The van der Waals surface area contributed by atoms with Gasteiger partial charge < -0.3 is 14.8 Å². The Morgan fingerprint density at radius 2 is 1.69 bits per heavy atom. The molecule has 0 spiro atoms. The lowest BCUT2D eigenvalue weighted by Gasteiger charge is -2.12. The molecule has 0 bridgehead atoms. The number of para-hydroxylation sites is 3. The van der Waals surface area contributed by atoms with Crippen molar-refractivity contribution in [2.24, 2.45) is 0 Å². The van der Waals surface area contributed by atoms with Crippen LogP contribution in [0.5, 0.6) is 5.75 Å². The van der Waals surface area contributed by atoms with Gasteiger partial charge in [-0.15, -0.1) is 0 Å². The fraction of sp³-hybridized carbons (Fsp3) is 0.0800. The molecule has 0 fully saturated rings. The topological polar surface area (TPSA) is 77.5 Å². The zero-order valence-corrected chi connectivity index (χ0v) is 17.9. The van der Waals surface area contributed by atoms with Crippen molar-refractivity contribution in [2.75, 3.05) is 19.0 Å². The first-order valence-corrected chi connectivity index (χ1v) is 10.2. The van der Waals surface area contributed by atoms with Crippen LogP contribution >= 0.6 is 11.6 Å². The molecule has 0 radical (unpaired) electrons. The van der Waals surface area contributed by atoms with Crippen LogP contribution in [0.15, 0.2) is 78.9 Å². The summed E-state index contributed by atoms with van der Waals surface area (Å²) < 4.78 is 10.5. The molecule has 7 heteroatoms. The molecule has 0 aliphatic heterocycles. The highest BCUT2D eigenvalue weighted by Crippen LogP contribution is 2.27. The van der Waals surface area contributed by atoms with Gasteiger partial charge in [-0.2, -0.15) is 0 Å². The second-order valence-electron chi connectivity index (χ2n) is 6.90. The fourth-order valence-corrected chi connectivity index (χ4v) is 3.38. The maximum Gasteiger partial charge on any atom is 0.339 e. The van der Waals surface area contributed by atoms with Crippen LogP contribution in [0.2, 0.25) is 5.02 Å². The molecule has 0 unspecified atom stereocenters. The number of carbonyl (C=O) groups excluding carboxylic acids is 2. The summed E-state index contributed by atoms with van der Waals surface area (Å²) in [6.45, 7) is -0.441. The zero-order valence-electron chi connectivity index (χ0n) is 17.2. The number of methoxy groups -OCH3 is 1. The van der Waals surface area contributed by atoms with Gasteiger partial charge in [0.25, 0.3) is 5.91 Å². The van der Waals surface area contributed by atoms with Crippen LogP contribution < -0.4 is 10.1 Å². The molecule has 0 aliphatic rings. The van der Waals surface area contributed by atoms with Gasteiger partial charge in [0.2, 0.25) is 0 Å².